The number of benzene rings is 1. The standard InChI is InChI=1S/C17H24N2O/c1-2-20-13-12-19-16-11-7-6-10-15(16)18-17(19)14-8-4-3-5-9-14/h6-7,10-11,14H,2-5,8-9,12-13H2,1H3. The van der Waals surface area contributed by atoms with E-state index in [1.54, 1.807) is 0 Å². The largest absolute Gasteiger partial charge is 0.380 e. The van der Waals surface area contributed by atoms with Crippen LogP contribution in [0.3, 0.4) is 0 Å². The summed E-state index contributed by atoms with van der Waals surface area (Å²) in [7, 11) is 0. The van der Waals surface area contributed by atoms with E-state index in [4.69, 9.17) is 9.72 Å². The molecule has 3 rings (SSSR count). The molecule has 0 bridgehead atoms. The van der Waals surface area contributed by atoms with Crippen molar-refractivity contribution in [2.24, 2.45) is 0 Å². The summed E-state index contributed by atoms with van der Waals surface area (Å²) in [5.74, 6) is 1.92. The van der Waals surface area contributed by atoms with Crippen LogP contribution in [0.4, 0.5) is 0 Å². The first-order valence-corrected chi connectivity index (χ1v) is 7.93. The number of nitrogens with zero attached hydrogens (tertiary/aromatic N) is 2. The molecule has 1 aliphatic carbocycles. The van der Waals surface area contributed by atoms with Crippen LogP contribution in [-0.4, -0.2) is 22.8 Å². The normalized spacial score (nSPS) is 16.9. The number of para-hydroxylation sites is 2. The number of ether oxygens (including phenoxy) is 1. The van der Waals surface area contributed by atoms with Gasteiger partial charge < -0.3 is 9.30 Å². The van der Waals surface area contributed by atoms with Gasteiger partial charge in [0.05, 0.1) is 17.6 Å². The highest BCUT2D eigenvalue weighted by molar-refractivity contribution is 5.76. The Balaban J connectivity index is 1.93. The summed E-state index contributed by atoms with van der Waals surface area (Å²) in [6.45, 7) is 4.52. The van der Waals surface area contributed by atoms with Crippen molar-refractivity contribution >= 4 is 11.0 Å². The lowest BCUT2D eigenvalue weighted by atomic mass is 9.88. The molecule has 1 heterocycles. The predicted molar refractivity (Wildman–Crippen MR) is 82.1 cm³/mol. The van der Waals surface area contributed by atoms with Gasteiger partial charge in [0.2, 0.25) is 0 Å². The van der Waals surface area contributed by atoms with E-state index >= 15 is 0 Å². The molecule has 2 aromatic rings. The van der Waals surface area contributed by atoms with Gasteiger partial charge in [0.25, 0.3) is 0 Å². The van der Waals surface area contributed by atoms with Crippen LogP contribution in [0.25, 0.3) is 11.0 Å². The fourth-order valence-electron chi connectivity index (χ4n) is 3.30. The first-order chi connectivity index (χ1) is 9.90. The third kappa shape index (κ3) is 2.73. The highest BCUT2D eigenvalue weighted by Gasteiger charge is 2.22. The quantitative estimate of drug-likeness (QED) is 0.766. The summed E-state index contributed by atoms with van der Waals surface area (Å²) >= 11 is 0. The van der Waals surface area contributed by atoms with Crippen LogP contribution in [0.1, 0.15) is 50.8 Å². The van der Waals surface area contributed by atoms with Crippen molar-refractivity contribution in [3.8, 4) is 0 Å². The maximum absolute atomic E-state index is 5.55. The van der Waals surface area contributed by atoms with Crippen molar-refractivity contribution in [3.05, 3.63) is 30.1 Å². The van der Waals surface area contributed by atoms with Crippen molar-refractivity contribution in [1.82, 2.24) is 9.55 Å². The Labute approximate surface area is 121 Å². The van der Waals surface area contributed by atoms with E-state index in [9.17, 15) is 0 Å². The van der Waals surface area contributed by atoms with Gasteiger partial charge in [-0.15, -0.1) is 0 Å². The van der Waals surface area contributed by atoms with Crippen LogP contribution in [0, 0.1) is 0 Å². The number of fused-ring (bicyclic) bond motifs is 1. The average Bonchev–Trinajstić information content (AvgIpc) is 2.87. The van der Waals surface area contributed by atoms with E-state index in [0.717, 1.165) is 25.3 Å². The Kier molecular flexibility index (Phi) is 4.36. The first kappa shape index (κ1) is 13.6. The number of hydrogen-bond acceptors (Lipinski definition) is 2. The molecular weight excluding hydrogens is 248 g/mol. The molecule has 0 spiro atoms. The molecule has 1 saturated carbocycles. The second-order valence-electron chi connectivity index (χ2n) is 5.64. The fraction of sp³-hybridized carbons (Fsp3) is 0.588. The molecular formula is C17H24N2O. The minimum Gasteiger partial charge on any atom is -0.380 e. The van der Waals surface area contributed by atoms with Crippen LogP contribution in [0.15, 0.2) is 24.3 Å². The van der Waals surface area contributed by atoms with Gasteiger partial charge in [-0.2, -0.15) is 0 Å². The van der Waals surface area contributed by atoms with Gasteiger partial charge in [-0.05, 0) is 31.9 Å². The molecule has 1 aliphatic rings. The van der Waals surface area contributed by atoms with Crippen LogP contribution >= 0.6 is 0 Å². The number of imidazole rings is 1. The summed E-state index contributed by atoms with van der Waals surface area (Å²) in [6.07, 6.45) is 6.66. The Morgan fingerprint density at radius 2 is 2.00 bits per heavy atom. The second kappa shape index (κ2) is 6.40. The summed E-state index contributed by atoms with van der Waals surface area (Å²) < 4.78 is 7.94. The van der Waals surface area contributed by atoms with E-state index in [1.165, 1.54) is 43.4 Å². The molecule has 0 N–H and O–H groups in total. The summed E-state index contributed by atoms with van der Waals surface area (Å²) in [6, 6.07) is 8.48. The van der Waals surface area contributed by atoms with Crippen molar-refractivity contribution < 1.29 is 4.74 Å². The lowest BCUT2D eigenvalue weighted by Gasteiger charge is -2.22. The van der Waals surface area contributed by atoms with E-state index in [0.29, 0.717) is 5.92 Å². The summed E-state index contributed by atoms with van der Waals surface area (Å²) in [4.78, 5) is 4.92. The SMILES string of the molecule is CCOCCn1c(C2CCCCC2)nc2ccccc21. The van der Waals surface area contributed by atoms with Gasteiger partial charge in [0.1, 0.15) is 5.82 Å². The number of rotatable bonds is 5. The molecule has 0 aliphatic heterocycles. The van der Waals surface area contributed by atoms with E-state index in [1.807, 2.05) is 6.92 Å². The molecule has 3 nitrogen and oxygen atoms in total. The topological polar surface area (TPSA) is 27.1 Å². The van der Waals surface area contributed by atoms with Crippen molar-refractivity contribution in [2.45, 2.75) is 51.5 Å². The highest BCUT2D eigenvalue weighted by atomic mass is 16.5. The Morgan fingerprint density at radius 3 is 2.80 bits per heavy atom. The molecule has 0 unspecified atom stereocenters. The lowest BCUT2D eigenvalue weighted by Crippen LogP contribution is -2.14. The van der Waals surface area contributed by atoms with E-state index in [2.05, 4.69) is 28.8 Å². The summed E-state index contributed by atoms with van der Waals surface area (Å²) in [5.41, 5.74) is 2.39. The van der Waals surface area contributed by atoms with Gasteiger partial charge in [-0.1, -0.05) is 31.4 Å². The Bertz CT molecular complexity index is 555. The Hall–Kier alpha value is -1.35. The maximum atomic E-state index is 5.55. The lowest BCUT2D eigenvalue weighted by molar-refractivity contribution is 0.138. The zero-order valence-electron chi connectivity index (χ0n) is 12.3. The third-order valence-electron chi connectivity index (χ3n) is 4.32. The summed E-state index contributed by atoms with van der Waals surface area (Å²) in [5, 5.41) is 0. The fourth-order valence-corrected chi connectivity index (χ4v) is 3.30. The van der Waals surface area contributed by atoms with Gasteiger partial charge in [0, 0.05) is 19.1 Å². The maximum Gasteiger partial charge on any atom is 0.113 e. The zero-order chi connectivity index (χ0) is 13.8. The zero-order valence-corrected chi connectivity index (χ0v) is 12.3. The number of aromatic nitrogens is 2. The van der Waals surface area contributed by atoms with Crippen LogP contribution in [0.5, 0.6) is 0 Å². The molecule has 3 heteroatoms. The predicted octanol–water partition coefficient (Wildman–Crippen LogP) is 4.12. The molecule has 20 heavy (non-hydrogen) atoms. The monoisotopic (exact) mass is 272 g/mol. The molecule has 0 saturated heterocycles. The number of hydrogen-bond donors (Lipinski definition) is 0. The van der Waals surface area contributed by atoms with Crippen molar-refractivity contribution in [1.29, 1.82) is 0 Å². The molecule has 108 valence electrons. The molecule has 1 aromatic heterocycles. The minimum atomic E-state index is 0.637. The average molecular weight is 272 g/mol. The Morgan fingerprint density at radius 1 is 1.20 bits per heavy atom. The third-order valence-corrected chi connectivity index (χ3v) is 4.32. The molecule has 1 fully saturated rings. The van der Waals surface area contributed by atoms with E-state index in [-0.39, 0.29) is 0 Å². The van der Waals surface area contributed by atoms with Crippen LogP contribution < -0.4 is 0 Å². The van der Waals surface area contributed by atoms with Gasteiger partial charge in [-0.3, -0.25) is 0 Å². The molecule has 0 radical (unpaired) electrons. The smallest absolute Gasteiger partial charge is 0.113 e. The second-order valence-corrected chi connectivity index (χ2v) is 5.64. The van der Waals surface area contributed by atoms with Gasteiger partial charge >= 0.3 is 0 Å². The van der Waals surface area contributed by atoms with Crippen LogP contribution in [0.2, 0.25) is 0 Å². The molecule has 0 atom stereocenters. The van der Waals surface area contributed by atoms with E-state index < -0.39 is 0 Å². The van der Waals surface area contributed by atoms with Crippen molar-refractivity contribution in [3.63, 3.8) is 0 Å². The van der Waals surface area contributed by atoms with Crippen LogP contribution in [-0.2, 0) is 11.3 Å². The molecule has 0 amide bonds. The minimum absolute atomic E-state index is 0.637. The highest BCUT2D eigenvalue weighted by Crippen LogP contribution is 2.33. The first-order valence-electron chi connectivity index (χ1n) is 7.93. The van der Waals surface area contributed by atoms with Crippen molar-refractivity contribution in [2.75, 3.05) is 13.2 Å². The molecule has 1 aromatic carbocycles. The van der Waals surface area contributed by atoms with Gasteiger partial charge in [-0.25, -0.2) is 4.98 Å². The van der Waals surface area contributed by atoms with Gasteiger partial charge in [0.15, 0.2) is 0 Å².